The molecule has 0 heterocycles. The summed E-state index contributed by atoms with van der Waals surface area (Å²) in [4.78, 5) is 61.9. The van der Waals surface area contributed by atoms with Gasteiger partial charge in [-0.25, -0.2) is 9.59 Å². The Kier molecular flexibility index (Phi) is 13.1. The van der Waals surface area contributed by atoms with Gasteiger partial charge in [0.1, 0.15) is 30.8 Å². The second-order valence-corrected chi connectivity index (χ2v) is 9.64. The zero-order valence-electron chi connectivity index (χ0n) is 22.4. The maximum absolute atomic E-state index is 13.0. The second kappa shape index (κ2) is 15.5. The number of alkyl carbamates (subject to hydrolysis) is 1. The number of ether oxygens (including phenoxy) is 3. The molecule has 3 N–H and O–H groups in total. The van der Waals surface area contributed by atoms with Crippen LogP contribution in [0, 0.1) is 5.92 Å². The maximum Gasteiger partial charge on any atom is 0.408 e. The Labute approximate surface area is 218 Å². The molecule has 0 aromatic heterocycles. The van der Waals surface area contributed by atoms with Crippen LogP contribution in [-0.4, -0.2) is 60.7 Å². The van der Waals surface area contributed by atoms with Crippen molar-refractivity contribution in [2.45, 2.75) is 78.7 Å². The number of esters is 2. The van der Waals surface area contributed by atoms with E-state index in [1.165, 1.54) is 0 Å². The molecule has 0 fully saturated rings. The molecule has 2 atom stereocenters. The highest BCUT2D eigenvalue weighted by molar-refractivity contribution is 5.92. The second-order valence-electron chi connectivity index (χ2n) is 9.64. The van der Waals surface area contributed by atoms with Crippen LogP contribution in [0.25, 0.3) is 0 Å². The number of benzene rings is 1. The van der Waals surface area contributed by atoms with Crippen molar-refractivity contribution in [1.82, 2.24) is 16.0 Å². The summed E-state index contributed by atoms with van der Waals surface area (Å²) in [5.41, 5.74) is 0.0327. The standard InChI is InChI=1S/C26H39N3O8/c1-7-35-21(31)14-13-19(24(33)36-16-18-11-9-8-10-12-18)28-23(32)22(17(2)3)29-20(30)15-27-25(34)37-26(4,5)6/h8-12,17,19,22H,7,13-16H2,1-6H3,(H,27,34)(H,28,32)(H,29,30)/t19-,22+/m1/s1. The molecular weight excluding hydrogens is 482 g/mol. The summed E-state index contributed by atoms with van der Waals surface area (Å²) in [6, 6.07) is 6.85. The van der Waals surface area contributed by atoms with Gasteiger partial charge in [0.25, 0.3) is 0 Å². The molecule has 1 aromatic rings. The summed E-state index contributed by atoms with van der Waals surface area (Å²) >= 11 is 0. The number of rotatable bonds is 13. The average molecular weight is 522 g/mol. The minimum absolute atomic E-state index is 0.00781. The van der Waals surface area contributed by atoms with E-state index >= 15 is 0 Å². The van der Waals surface area contributed by atoms with Crippen molar-refractivity contribution in [3.63, 3.8) is 0 Å². The molecule has 1 aromatic carbocycles. The number of carbonyl (C=O) groups is 5. The number of hydrogen-bond acceptors (Lipinski definition) is 8. The largest absolute Gasteiger partial charge is 0.466 e. The average Bonchev–Trinajstić information content (AvgIpc) is 2.81. The van der Waals surface area contributed by atoms with Gasteiger partial charge < -0.3 is 30.2 Å². The lowest BCUT2D eigenvalue weighted by molar-refractivity contribution is -0.150. The van der Waals surface area contributed by atoms with Crippen LogP contribution in [0.1, 0.15) is 59.9 Å². The third-order valence-corrected chi connectivity index (χ3v) is 4.83. The molecule has 0 aliphatic heterocycles. The lowest BCUT2D eigenvalue weighted by Crippen LogP contribution is -2.55. The molecule has 37 heavy (non-hydrogen) atoms. The van der Waals surface area contributed by atoms with Gasteiger partial charge in [0.05, 0.1) is 6.61 Å². The molecule has 11 nitrogen and oxygen atoms in total. The Morgan fingerprint density at radius 2 is 1.59 bits per heavy atom. The number of carbonyl (C=O) groups excluding carboxylic acids is 5. The van der Waals surface area contributed by atoms with E-state index < -0.39 is 54.1 Å². The van der Waals surface area contributed by atoms with Gasteiger partial charge in [-0.2, -0.15) is 0 Å². The molecule has 1 rings (SSSR count). The minimum atomic E-state index is -1.14. The van der Waals surface area contributed by atoms with Crippen molar-refractivity contribution >= 4 is 29.8 Å². The van der Waals surface area contributed by atoms with E-state index in [0.717, 1.165) is 5.56 Å². The van der Waals surface area contributed by atoms with Crippen molar-refractivity contribution in [2.24, 2.45) is 5.92 Å². The molecule has 0 aliphatic rings. The van der Waals surface area contributed by atoms with Gasteiger partial charge in [-0.15, -0.1) is 0 Å². The highest BCUT2D eigenvalue weighted by Gasteiger charge is 2.30. The Morgan fingerprint density at radius 1 is 0.946 bits per heavy atom. The number of hydrogen-bond donors (Lipinski definition) is 3. The predicted octanol–water partition coefficient (Wildman–Crippen LogP) is 2.22. The summed E-state index contributed by atoms with van der Waals surface area (Å²) in [6.07, 6.45) is -0.928. The summed E-state index contributed by atoms with van der Waals surface area (Å²) in [5, 5.41) is 7.47. The first-order valence-electron chi connectivity index (χ1n) is 12.2. The lowest BCUT2D eigenvalue weighted by Gasteiger charge is -2.25. The van der Waals surface area contributed by atoms with Crippen molar-refractivity contribution in [1.29, 1.82) is 0 Å². The fourth-order valence-electron chi connectivity index (χ4n) is 3.06. The summed E-state index contributed by atoms with van der Waals surface area (Å²) < 4.78 is 15.4. The smallest absolute Gasteiger partial charge is 0.408 e. The van der Waals surface area contributed by atoms with E-state index in [2.05, 4.69) is 16.0 Å². The fourth-order valence-corrected chi connectivity index (χ4v) is 3.06. The van der Waals surface area contributed by atoms with E-state index in [4.69, 9.17) is 14.2 Å². The van der Waals surface area contributed by atoms with Crippen LogP contribution < -0.4 is 16.0 Å². The lowest BCUT2D eigenvalue weighted by atomic mass is 10.0. The molecule has 206 valence electrons. The highest BCUT2D eigenvalue weighted by atomic mass is 16.6. The van der Waals surface area contributed by atoms with Gasteiger partial charge in [-0.1, -0.05) is 44.2 Å². The normalized spacial score (nSPS) is 12.6. The van der Waals surface area contributed by atoms with Gasteiger partial charge in [0, 0.05) is 6.42 Å². The van der Waals surface area contributed by atoms with Crippen molar-refractivity contribution in [3.05, 3.63) is 35.9 Å². The van der Waals surface area contributed by atoms with Crippen LogP contribution in [0.2, 0.25) is 0 Å². The third-order valence-electron chi connectivity index (χ3n) is 4.83. The van der Waals surface area contributed by atoms with Gasteiger partial charge in [0.2, 0.25) is 11.8 Å². The highest BCUT2D eigenvalue weighted by Crippen LogP contribution is 2.09. The minimum Gasteiger partial charge on any atom is -0.466 e. The van der Waals surface area contributed by atoms with Crippen LogP contribution in [0.5, 0.6) is 0 Å². The Hall–Kier alpha value is -3.63. The Balaban J connectivity index is 2.82. The van der Waals surface area contributed by atoms with E-state index in [9.17, 15) is 24.0 Å². The molecule has 0 saturated heterocycles. The van der Waals surface area contributed by atoms with Gasteiger partial charge in [-0.3, -0.25) is 14.4 Å². The number of nitrogens with one attached hydrogen (secondary N) is 3. The first-order valence-corrected chi connectivity index (χ1v) is 12.2. The first kappa shape index (κ1) is 31.4. The fraction of sp³-hybridized carbons (Fsp3) is 0.577. The van der Waals surface area contributed by atoms with Crippen LogP contribution in [-0.2, 0) is 40.0 Å². The van der Waals surface area contributed by atoms with Crippen molar-refractivity contribution in [3.8, 4) is 0 Å². The van der Waals surface area contributed by atoms with Crippen LogP contribution in [0.3, 0.4) is 0 Å². The molecule has 0 spiro atoms. The summed E-state index contributed by atoms with van der Waals surface area (Å²) in [5.74, 6) is -2.83. The molecular formula is C26H39N3O8. The summed E-state index contributed by atoms with van der Waals surface area (Å²) in [7, 11) is 0. The molecule has 0 radical (unpaired) electrons. The van der Waals surface area contributed by atoms with Crippen LogP contribution in [0.4, 0.5) is 4.79 Å². The Bertz CT molecular complexity index is 912. The zero-order chi connectivity index (χ0) is 28.0. The zero-order valence-corrected chi connectivity index (χ0v) is 22.4. The molecule has 0 saturated carbocycles. The van der Waals surface area contributed by atoms with Gasteiger partial charge in [0.15, 0.2) is 0 Å². The van der Waals surface area contributed by atoms with Gasteiger partial charge in [-0.05, 0) is 45.6 Å². The molecule has 3 amide bonds. The monoisotopic (exact) mass is 521 g/mol. The third kappa shape index (κ3) is 13.3. The predicted molar refractivity (Wildman–Crippen MR) is 135 cm³/mol. The topological polar surface area (TPSA) is 149 Å². The summed E-state index contributed by atoms with van der Waals surface area (Å²) in [6.45, 7) is 9.94. The van der Waals surface area contributed by atoms with E-state index in [1.807, 2.05) is 6.07 Å². The molecule has 0 aliphatic carbocycles. The molecule has 0 bridgehead atoms. The number of amides is 3. The molecule has 0 unspecified atom stereocenters. The van der Waals surface area contributed by atoms with E-state index in [-0.39, 0.29) is 32.0 Å². The quantitative estimate of drug-likeness (QED) is 0.264. The first-order chi connectivity index (χ1) is 17.3. The van der Waals surface area contributed by atoms with E-state index in [0.29, 0.717) is 0 Å². The molecule has 11 heteroatoms. The van der Waals surface area contributed by atoms with Crippen LogP contribution in [0.15, 0.2) is 30.3 Å². The van der Waals surface area contributed by atoms with Crippen molar-refractivity contribution < 1.29 is 38.2 Å². The van der Waals surface area contributed by atoms with Crippen molar-refractivity contribution in [2.75, 3.05) is 13.2 Å². The Morgan fingerprint density at radius 3 is 2.16 bits per heavy atom. The van der Waals surface area contributed by atoms with Crippen LogP contribution >= 0.6 is 0 Å². The van der Waals surface area contributed by atoms with E-state index in [1.54, 1.807) is 65.8 Å². The van der Waals surface area contributed by atoms with Gasteiger partial charge >= 0.3 is 18.0 Å². The SMILES string of the molecule is CCOC(=O)CC[C@@H](NC(=O)[C@@H](NC(=O)CNC(=O)OC(C)(C)C)C(C)C)C(=O)OCc1ccccc1. The maximum atomic E-state index is 13.0.